The first-order chi connectivity index (χ1) is 7.13. The quantitative estimate of drug-likeness (QED) is 0.764. The van der Waals surface area contributed by atoms with E-state index in [9.17, 15) is 13.2 Å². The first kappa shape index (κ1) is 10.5. The highest BCUT2D eigenvalue weighted by atomic mass is 19.2. The maximum Gasteiger partial charge on any atom is 0.163 e. The molecular weight excluding hydrogens is 203 g/mol. The van der Waals surface area contributed by atoms with Crippen molar-refractivity contribution in [2.75, 3.05) is 7.05 Å². The highest BCUT2D eigenvalue weighted by Crippen LogP contribution is 2.41. The SMILES string of the molecule is CNC(c1cc(F)cc(F)c1F)C1CC1. The van der Waals surface area contributed by atoms with Crippen LogP contribution in [0.2, 0.25) is 0 Å². The van der Waals surface area contributed by atoms with Gasteiger partial charge in [0, 0.05) is 17.7 Å². The summed E-state index contributed by atoms with van der Waals surface area (Å²) in [6, 6.07) is 1.35. The van der Waals surface area contributed by atoms with Gasteiger partial charge in [-0.2, -0.15) is 0 Å². The van der Waals surface area contributed by atoms with Crippen molar-refractivity contribution in [3.05, 3.63) is 35.1 Å². The van der Waals surface area contributed by atoms with Gasteiger partial charge in [0.15, 0.2) is 11.6 Å². The summed E-state index contributed by atoms with van der Waals surface area (Å²) in [7, 11) is 1.67. The molecule has 15 heavy (non-hydrogen) atoms. The van der Waals surface area contributed by atoms with E-state index >= 15 is 0 Å². The largest absolute Gasteiger partial charge is 0.313 e. The monoisotopic (exact) mass is 215 g/mol. The van der Waals surface area contributed by atoms with Crippen LogP contribution in [0, 0.1) is 23.4 Å². The van der Waals surface area contributed by atoms with Crippen LogP contribution in [0.15, 0.2) is 12.1 Å². The molecule has 0 amide bonds. The van der Waals surface area contributed by atoms with E-state index in [-0.39, 0.29) is 11.6 Å². The molecule has 4 heteroatoms. The Bertz CT molecular complexity index is 374. The number of hydrogen-bond acceptors (Lipinski definition) is 1. The maximum absolute atomic E-state index is 13.4. The molecule has 0 bridgehead atoms. The normalized spacial score (nSPS) is 17.9. The Morgan fingerprint density at radius 1 is 1.27 bits per heavy atom. The summed E-state index contributed by atoms with van der Waals surface area (Å²) in [4.78, 5) is 0. The third kappa shape index (κ3) is 2.00. The lowest BCUT2D eigenvalue weighted by Crippen LogP contribution is -2.20. The molecule has 0 aliphatic heterocycles. The van der Waals surface area contributed by atoms with Crippen molar-refractivity contribution >= 4 is 0 Å². The molecule has 82 valence electrons. The molecule has 1 N–H and O–H groups in total. The summed E-state index contributed by atoms with van der Waals surface area (Å²) >= 11 is 0. The summed E-state index contributed by atoms with van der Waals surface area (Å²) in [5, 5.41) is 2.90. The Labute approximate surface area is 86.3 Å². The van der Waals surface area contributed by atoms with Crippen LogP contribution in [0.3, 0.4) is 0 Å². The fourth-order valence-electron chi connectivity index (χ4n) is 1.88. The Morgan fingerprint density at radius 2 is 1.93 bits per heavy atom. The predicted molar refractivity (Wildman–Crippen MR) is 50.8 cm³/mol. The molecular formula is C11H12F3N. The van der Waals surface area contributed by atoms with Gasteiger partial charge in [-0.05, 0) is 31.9 Å². The van der Waals surface area contributed by atoms with E-state index in [0.29, 0.717) is 12.0 Å². The zero-order valence-corrected chi connectivity index (χ0v) is 8.36. The molecule has 1 nitrogen and oxygen atoms in total. The van der Waals surface area contributed by atoms with Crippen molar-refractivity contribution in [1.82, 2.24) is 5.32 Å². The van der Waals surface area contributed by atoms with E-state index in [1.165, 1.54) is 0 Å². The smallest absolute Gasteiger partial charge is 0.163 e. The number of rotatable bonds is 3. The maximum atomic E-state index is 13.4. The Kier molecular flexibility index (Phi) is 2.69. The fourth-order valence-corrected chi connectivity index (χ4v) is 1.88. The van der Waals surface area contributed by atoms with Crippen LogP contribution in [0.4, 0.5) is 13.2 Å². The lowest BCUT2D eigenvalue weighted by molar-refractivity contribution is 0.445. The number of halogens is 3. The molecule has 0 radical (unpaired) electrons. The van der Waals surface area contributed by atoms with Gasteiger partial charge < -0.3 is 5.32 Å². The second-order valence-electron chi connectivity index (χ2n) is 3.89. The van der Waals surface area contributed by atoms with Gasteiger partial charge in [0.2, 0.25) is 0 Å². The third-order valence-corrected chi connectivity index (χ3v) is 2.76. The minimum Gasteiger partial charge on any atom is -0.313 e. The van der Waals surface area contributed by atoms with Crippen LogP contribution < -0.4 is 5.32 Å². The molecule has 0 saturated heterocycles. The minimum atomic E-state index is -1.12. The van der Waals surface area contributed by atoms with E-state index in [0.717, 1.165) is 18.9 Å². The average Bonchev–Trinajstić information content (AvgIpc) is 2.98. The molecule has 1 saturated carbocycles. The van der Waals surface area contributed by atoms with Crippen LogP contribution in [0.1, 0.15) is 24.4 Å². The first-order valence-electron chi connectivity index (χ1n) is 4.95. The van der Waals surface area contributed by atoms with Crippen molar-refractivity contribution < 1.29 is 13.2 Å². The third-order valence-electron chi connectivity index (χ3n) is 2.76. The van der Waals surface area contributed by atoms with Gasteiger partial charge in [-0.3, -0.25) is 0 Å². The van der Waals surface area contributed by atoms with Crippen LogP contribution in [-0.4, -0.2) is 7.05 Å². The van der Waals surface area contributed by atoms with Gasteiger partial charge in [0.05, 0.1) is 0 Å². The van der Waals surface area contributed by atoms with Crippen LogP contribution in [0.5, 0.6) is 0 Å². The van der Waals surface area contributed by atoms with Gasteiger partial charge in [-0.25, -0.2) is 13.2 Å². The van der Waals surface area contributed by atoms with Crippen molar-refractivity contribution in [2.24, 2.45) is 5.92 Å². The minimum absolute atomic E-state index is 0.0949. The summed E-state index contributed by atoms with van der Waals surface area (Å²) in [6.45, 7) is 0. The second kappa shape index (κ2) is 3.85. The Balaban J connectivity index is 2.40. The van der Waals surface area contributed by atoms with E-state index in [2.05, 4.69) is 5.32 Å². The van der Waals surface area contributed by atoms with Crippen molar-refractivity contribution in [3.63, 3.8) is 0 Å². The molecule has 0 heterocycles. The molecule has 0 spiro atoms. The topological polar surface area (TPSA) is 12.0 Å². The molecule has 1 atom stereocenters. The van der Waals surface area contributed by atoms with Gasteiger partial charge >= 0.3 is 0 Å². The van der Waals surface area contributed by atoms with E-state index in [1.54, 1.807) is 7.05 Å². The van der Waals surface area contributed by atoms with Gasteiger partial charge in [-0.15, -0.1) is 0 Å². The van der Waals surface area contributed by atoms with E-state index in [4.69, 9.17) is 0 Å². The predicted octanol–water partition coefficient (Wildman–Crippen LogP) is 2.77. The Morgan fingerprint density at radius 3 is 2.47 bits per heavy atom. The number of benzene rings is 1. The fraction of sp³-hybridized carbons (Fsp3) is 0.455. The molecule has 1 aliphatic carbocycles. The Hall–Kier alpha value is -1.03. The average molecular weight is 215 g/mol. The van der Waals surface area contributed by atoms with Gasteiger partial charge in [0.25, 0.3) is 0 Å². The van der Waals surface area contributed by atoms with Gasteiger partial charge in [-0.1, -0.05) is 0 Å². The number of nitrogens with one attached hydrogen (secondary N) is 1. The van der Waals surface area contributed by atoms with Crippen LogP contribution >= 0.6 is 0 Å². The van der Waals surface area contributed by atoms with Crippen LogP contribution in [0.25, 0.3) is 0 Å². The van der Waals surface area contributed by atoms with Crippen molar-refractivity contribution in [2.45, 2.75) is 18.9 Å². The zero-order chi connectivity index (χ0) is 11.0. The van der Waals surface area contributed by atoms with Crippen molar-refractivity contribution in [3.8, 4) is 0 Å². The second-order valence-corrected chi connectivity index (χ2v) is 3.89. The zero-order valence-electron chi connectivity index (χ0n) is 8.36. The lowest BCUT2D eigenvalue weighted by atomic mass is 10.0. The van der Waals surface area contributed by atoms with Gasteiger partial charge in [0.1, 0.15) is 5.82 Å². The summed E-state index contributed by atoms with van der Waals surface area (Å²) in [6.07, 6.45) is 1.95. The summed E-state index contributed by atoms with van der Waals surface area (Å²) < 4.78 is 39.4. The molecule has 1 aliphatic rings. The molecule has 0 aromatic heterocycles. The number of hydrogen-bond donors (Lipinski definition) is 1. The molecule has 1 unspecified atom stereocenters. The summed E-state index contributed by atoms with van der Waals surface area (Å²) in [5.74, 6) is -2.50. The summed E-state index contributed by atoms with van der Waals surface area (Å²) in [5.41, 5.74) is 0.0949. The lowest BCUT2D eigenvalue weighted by Gasteiger charge is -2.16. The molecule has 1 aromatic rings. The first-order valence-corrected chi connectivity index (χ1v) is 4.95. The molecule has 1 aromatic carbocycles. The standard InChI is InChI=1S/C11H12F3N/c1-15-11(6-2-3-6)8-4-7(12)5-9(13)10(8)14/h4-6,11,15H,2-3H2,1H3. The van der Waals surface area contributed by atoms with Crippen molar-refractivity contribution in [1.29, 1.82) is 0 Å². The van der Waals surface area contributed by atoms with Crippen LogP contribution in [-0.2, 0) is 0 Å². The highest BCUT2D eigenvalue weighted by Gasteiger charge is 2.33. The molecule has 2 rings (SSSR count). The highest BCUT2D eigenvalue weighted by molar-refractivity contribution is 5.25. The molecule has 1 fully saturated rings. The van der Waals surface area contributed by atoms with E-state index < -0.39 is 17.5 Å². The van der Waals surface area contributed by atoms with E-state index in [1.807, 2.05) is 0 Å².